The van der Waals surface area contributed by atoms with Crippen molar-refractivity contribution in [2.75, 3.05) is 13.2 Å². The van der Waals surface area contributed by atoms with Gasteiger partial charge >= 0.3 is 12.1 Å². The summed E-state index contributed by atoms with van der Waals surface area (Å²) >= 11 is 0. The Hall–Kier alpha value is -4.12. The molecule has 0 unspecified atom stereocenters. The third-order valence-electron chi connectivity index (χ3n) is 6.29. The van der Waals surface area contributed by atoms with E-state index in [1.54, 1.807) is 6.07 Å². The summed E-state index contributed by atoms with van der Waals surface area (Å²) in [4.78, 5) is 24.5. The summed E-state index contributed by atoms with van der Waals surface area (Å²) in [7, 11) is 0. The van der Waals surface area contributed by atoms with Crippen molar-refractivity contribution in [1.82, 2.24) is 5.32 Å². The quantitative estimate of drug-likeness (QED) is 0.415. The fourth-order valence-corrected chi connectivity index (χ4v) is 4.72. The number of carboxylic acids is 1. The van der Waals surface area contributed by atoms with E-state index in [1.807, 2.05) is 60.7 Å². The second-order valence-electron chi connectivity index (χ2n) is 8.17. The number of aliphatic carboxylic acids is 1. The molecular formula is C28H23NO4. The number of hydrogen-bond donors (Lipinski definition) is 2. The Labute approximate surface area is 191 Å². The van der Waals surface area contributed by atoms with Gasteiger partial charge in [-0.15, -0.1) is 0 Å². The molecule has 0 heterocycles. The minimum atomic E-state index is -0.995. The molecule has 4 aromatic carbocycles. The summed E-state index contributed by atoms with van der Waals surface area (Å²) in [6.45, 7) is 0.131. The van der Waals surface area contributed by atoms with Gasteiger partial charge in [0.1, 0.15) is 6.61 Å². The monoisotopic (exact) mass is 437 g/mol. The molecule has 33 heavy (non-hydrogen) atoms. The zero-order chi connectivity index (χ0) is 22.8. The Kier molecular flexibility index (Phi) is 5.53. The largest absolute Gasteiger partial charge is 0.481 e. The van der Waals surface area contributed by atoms with E-state index < -0.39 is 18.0 Å². The first-order valence-corrected chi connectivity index (χ1v) is 10.9. The Bertz CT molecular complexity index is 1300. The van der Waals surface area contributed by atoms with Crippen molar-refractivity contribution in [3.05, 3.63) is 108 Å². The van der Waals surface area contributed by atoms with Crippen molar-refractivity contribution in [2.24, 2.45) is 0 Å². The van der Waals surface area contributed by atoms with Gasteiger partial charge in [-0.05, 0) is 38.6 Å². The minimum absolute atomic E-state index is 0.0449. The van der Waals surface area contributed by atoms with Crippen LogP contribution in [0.5, 0.6) is 0 Å². The molecule has 5 nitrogen and oxygen atoms in total. The van der Waals surface area contributed by atoms with Gasteiger partial charge < -0.3 is 15.2 Å². The fourth-order valence-electron chi connectivity index (χ4n) is 4.72. The summed E-state index contributed by atoms with van der Waals surface area (Å²) in [5.41, 5.74) is 5.24. The van der Waals surface area contributed by atoms with Crippen LogP contribution in [-0.4, -0.2) is 30.3 Å². The van der Waals surface area contributed by atoms with Crippen LogP contribution in [0, 0.1) is 0 Å². The number of nitrogens with one attached hydrogen (secondary N) is 1. The van der Waals surface area contributed by atoms with Gasteiger partial charge in [-0.1, -0.05) is 91.0 Å². The van der Waals surface area contributed by atoms with Crippen LogP contribution in [-0.2, 0) is 9.53 Å². The Morgan fingerprint density at radius 1 is 0.818 bits per heavy atom. The smallest absolute Gasteiger partial charge is 0.407 e. The molecule has 0 fully saturated rings. The fraction of sp³-hybridized carbons (Fsp3) is 0.143. The maximum atomic E-state index is 12.5. The number of fused-ring (bicyclic) bond motifs is 4. The van der Waals surface area contributed by atoms with Crippen LogP contribution in [0.15, 0.2) is 91.0 Å². The maximum absolute atomic E-state index is 12.5. The van der Waals surface area contributed by atoms with Crippen LogP contribution in [0.1, 0.15) is 28.5 Å². The van der Waals surface area contributed by atoms with E-state index >= 15 is 0 Å². The van der Waals surface area contributed by atoms with Crippen LogP contribution in [0.4, 0.5) is 4.79 Å². The number of carbonyl (C=O) groups is 2. The number of alkyl carbamates (subject to hydrolysis) is 1. The molecule has 0 saturated carbocycles. The lowest BCUT2D eigenvalue weighted by Crippen LogP contribution is -2.33. The van der Waals surface area contributed by atoms with Crippen molar-refractivity contribution >= 4 is 22.8 Å². The molecular weight excluding hydrogens is 414 g/mol. The highest BCUT2D eigenvalue weighted by molar-refractivity contribution is 5.91. The molecule has 1 amide bonds. The number of benzene rings is 4. The predicted molar refractivity (Wildman–Crippen MR) is 127 cm³/mol. The number of carboxylic acid groups (broad SMARTS) is 1. The third kappa shape index (κ3) is 3.94. The third-order valence-corrected chi connectivity index (χ3v) is 6.29. The minimum Gasteiger partial charge on any atom is -0.481 e. The van der Waals surface area contributed by atoms with Gasteiger partial charge in [0.15, 0.2) is 0 Å². The average Bonchev–Trinajstić information content (AvgIpc) is 3.16. The van der Waals surface area contributed by atoms with E-state index in [0.29, 0.717) is 5.56 Å². The molecule has 2 N–H and O–H groups in total. The van der Waals surface area contributed by atoms with Gasteiger partial charge in [0.2, 0.25) is 0 Å². The van der Waals surface area contributed by atoms with E-state index in [-0.39, 0.29) is 19.1 Å². The van der Waals surface area contributed by atoms with E-state index in [0.717, 1.165) is 33.0 Å². The Balaban J connectivity index is 1.28. The zero-order valence-corrected chi connectivity index (χ0v) is 17.9. The van der Waals surface area contributed by atoms with Gasteiger partial charge in [-0.2, -0.15) is 0 Å². The predicted octanol–water partition coefficient (Wildman–Crippen LogP) is 5.55. The van der Waals surface area contributed by atoms with E-state index in [2.05, 4.69) is 29.6 Å². The second kappa shape index (κ2) is 8.79. The van der Waals surface area contributed by atoms with Gasteiger partial charge in [-0.25, -0.2) is 4.79 Å². The van der Waals surface area contributed by atoms with Crippen molar-refractivity contribution in [3.63, 3.8) is 0 Å². The topological polar surface area (TPSA) is 75.6 Å². The number of ether oxygens (including phenoxy) is 1. The lowest BCUT2D eigenvalue weighted by atomic mass is 9.93. The SMILES string of the molecule is O=C(NC[C@@H](C(=O)O)c1cccc2ccccc12)OCC1c2ccccc2-c2ccccc21. The first kappa shape index (κ1) is 20.8. The highest BCUT2D eigenvalue weighted by Crippen LogP contribution is 2.44. The van der Waals surface area contributed by atoms with Crippen molar-refractivity contribution < 1.29 is 19.4 Å². The zero-order valence-electron chi connectivity index (χ0n) is 17.9. The average molecular weight is 437 g/mol. The van der Waals surface area contributed by atoms with E-state index in [9.17, 15) is 14.7 Å². The molecule has 4 aromatic rings. The first-order chi connectivity index (χ1) is 16.1. The number of carbonyl (C=O) groups excluding carboxylic acids is 1. The Morgan fingerprint density at radius 2 is 1.42 bits per heavy atom. The van der Waals surface area contributed by atoms with Crippen LogP contribution in [0.3, 0.4) is 0 Å². The normalized spacial score (nSPS) is 13.2. The van der Waals surface area contributed by atoms with Crippen molar-refractivity contribution in [2.45, 2.75) is 11.8 Å². The molecule has 0 aliphatic heterocycles. The summed E-state index contributed by atoms with van der Waals surface area (Å²) in [6, 6.07) is 29.5. The summed E-state index contributed by atoms with van der Waals surface area (Å²) in [5.74, 6) is -1.92. The van der Waals surface area contributed by atoms with Crippen molar-refractivity contribution in [1.29, 1.82) is 0 Å². The van der Waals surface area contributed by atoms with Gasteiger partial charge in [0, 0.05) is 12.5 Å². The number of amides is 1. The van der Waals surface area contributed by atoms with Gasteiger partial charge in [0.25, 0.3) is 0 Å². The highest BCUT2D eigenvalue weighted by atomic mass is 16.5. The molecule has 0 aromatic heterocycles. The number of rotatable bonds is 6. The van der Waals surface area contributed by atoms with Crippen LogP contribution < -0.4 is 5.32 Å². The summed E-state index contributed by atoms with van der Waals surface area (Å²) in [6.07, 6.45) is -0.622. The summed E-state index contributed by atoms with van der Waals surface area (Å²) in [5, 5.41) is 14.3. The standard InChI is InChI=1S/C28H23NO4/c30-27(31)25(20-15-7-9-18-8-1-2-10-19(18)20)16-29-28(32)33-17-26-23-13-5-3-11-21(23)22-12-4-6-14-24(22)26/h1-15,25-26H,16-17H2,(H,29,32)(H,30,31)/t25-/m1/s1. The lowest BCUT2D eigenvalue weighted by Gasteiger charge is -2.17. The molecule has 1 atom stereocenters. The van der Waals surface area contributed by atoms with Gasteiger partial charge in [0.05, 0.1) is 5.92 Å². The van der Waals surface area contributed by atoms with E-state index in [4.69, 9.17) is 4.74 Å². The molecule has 1 aliphatic carbocycles. The molecule has 0 saturated heterocycles. The molecule has 0 radical (unpaired) electrons. The molecule has 5 rings (SSSR count). The van der Waals surface area contributed by atoms with Crippen LogP contribution in [0.2, 0.25) is 0 Å². The first-order valence-electron chi connectivity index (χ1n) is 10.9. The summed E-state index contributed by atoms with van der Waals surface area (Å²) < 4.78 is 5.55. The van der Waals surface area contributed by atoms with Crippen LogP contribution in [0.25, 0.3) is 21.9 Å². The maximum Gasteiger partial charge on any atom is 0.407 e. The number of hydrogen-bond acceptors (Lipinski definition) is 3. The molecule has 0 bridgehead atoms. The molecule has 0 spiro atoms. The molecule has 1 aliphatic rings. The van der Waals surface area contributed by atoms with Crippen molar-refractivity contribution in [3.8, 4) is 11.1 Å². The second-order valence-corrected chi connectivity index (χ2v) is 8.17. The van der Waals surface area contributed by atoms with Gasteiger partial charge in [-0.3, -0.25) is 4.79 Å². The Morgan fingerprint density at radius 3 is 2.12 bits per heavy atom. The lowest BCUT2D eigenvalue weighted by molar-refractivity contribution is -0.138. The molecule has 5 heteroatoms. The highest BCUT2D eigenvalue weighted by Gasteiger charge is 2.29. The van der Waals surface area contributed by atoms with Crippen LogP contribution >= 0.6 is 0 Å². The van der Waals surface area contributed by atoms with E-state index in [1.165, 1.54) is 0 Å². The molecule has 164 valence electrons.